The summed E-state index contributed by atoms with van der Waals surface area (Å²) in [6, 6.07) is 0. The summed E-state index contributed by atoms with van der Waals surface area (Å²) in [7, 11) is 0. The van der Waals surface area contributed by atoms with Crippen molar-refractivity contribution in [2.24, 2.45) is 0 Å². The third kappa shape index (κ3) is 0.856. The number of rotatable bonds is 0. The van der Waals surface area contributed by atoms with Gasteiger partial charge in [-0.05, 0) is 6.42 Å². The first kappa shape index (κ1) is 5.71. The molecule has 1 N–H and O–H groups in total. The predicted octanol–water partition coefficient (Wildman–Crippen LogP) is 0.558. The van der Waals surface area contributed by atoms with E-state index in [1.807, 2.05) is 0 Å². The molecule has 2 rings (SSSR count). The Morgan fingerprint density at radius 1 is 1.30 bits per heavy atom. The molecule has 2 nitrogen and oxygen atoms in total. The van der Waals surface area contributed by atoms with Gasteiger partial charge in [0, 0.05) is 12.0 Å². The predicted molar refractivity (Wildman–Crippen MR) is 41.6 cm³/mol. The first-order chi connectivity index (χ1) is 4.97. The van der Waals surface area contributed by atoms with E-state index in [4.69, 9.17) is 0 Å². The zero-order valence-corrected chi connectivity index (χ0v) is 5.80. The van der Waals surface area contributed by atoms with Crippen LogP contribution in [0.25, 0.3) is 0 Å². The summed E-state index contributed by atoms with van der Waals surface area (Å²) in [5, 5.41) is 3.10. The number of allylic oxidation sites excluding steroid dienone is 2. The number of hydrogen-bond donors (Lipinski definition) is 1. The lowest BCUT2D eigenvalue weighted by molar-refractivity contribution is 0.842. The standard InChI is InChI=1S/C8H10N2/c1-2-4-8-7(3-1)5-9-6-10-8/h1-2,6,9H,3-5H2/q+1. The summed E-state index contributed by atoms with van der Waals surface area (Å²) in [6.45, 7) is 0.989. The SMILES string of the molecule is C1=CCC2=C(C1)CNC=[N+]2. The molecule has 2 aliphatic rings. The second-order valence-electron chi connectivity index (χ2n) is 2.57. The zero-order valence-electron chi connectivity index (χ0n) is 5.80. The summed E-state index contributed by atoms with van der Waals surface area (Å²) in [5.74, 6) is 0. The molecule has 10 heavy (non-hydrogen) atoms. The minimum Gasteiger partial charge on any atom is -0.273 e. The van der Waals surface area contributed by atoms with E-state index >= 15 is 0 Å². The van der Waals surface area contributed by atoms with E-state index in [0.29, 0.717) is 0 Å². The first-order valence-corrected chi connectivity index (χ1v) is 3.58. The van der Waals surface area contributed by atoms with E-state index in [1.165, 1.54) is 11.3 Å². The number of nitrogens with one attached hydrogen (secondary N) is 1. The Morgan fingerprint density at radius 2 is 2.20 bits per heavy atom. The summed E-state index contributed by atoms with van der Waals surface area (Å²) in [6.07, 6.45) is 8.29. The maximum atomic E-state index is 4.24. The third-order valence-corrected chi connectivity index (χ3v) is 1.88. The fourth-order valence-corrected chi connectivity index (χ4v) is 1.29. The van der Waals surface area contributed by atoms with Crippen LogP contribution in [0.2, 0.25) is 0 Å². The Kier molecular flexibility index (Phi) is 1.31. The van der Waals surface area contributed by atoms with Crippen LogP contribution in [0.15, 0.2) is 23.4 Å². The second-order valence-corrected chi connectivity index (χ2v) is 2.57. The normalized spacial score (nSPS) is 22.4. The molecule has 0 fully saturated rings. The molecule has 0 unspecified atom stereocenters. The molecular formula is C8H10N2+. The third-order valence-electron chi connectivity index (χ3n) is 1.88. The number of aliphatic imine (C=N–C) groups is 1. The maximum absolute atomic E-state index is 4.24. The van der Waals surface area contributed by atoms with E-state index in [-0.39, 0.29) is 0 Å². The van der Waals surface area contributed by atoms with Crippen molar-refractivity contribution < 1.29 is 0 Å². The highest BCUT2D eigenvalue weighted by Crippen LogP contribution is 2.16. The average molecular weight is 134 g/mol. The van der Waals surface area contributed by atoms with E-state index in [1.54, 1.807) is 6.34 Å². The molecule has 51 valence electrons. The molecule has 0 amide bonds. The molecule has 1 heterocycles. The maximum Gasteiger partial charge on any atom is 0.279 e. The van der Waals surface area contributed by atoms with Gasteiger partial charge >= 0.3 is 0 Å². The topological polar surface area (TPSA) is 26.1 Å². The molecule has 0 spiro atoms. The van der Waals surface area contributed by atoms with Crippen molar-refractivity contribution in [2.45, 2.75) is 12.8 Å². The molecule has 1 aliphatic heterocycles. The van der Waals surface area contributed by atoms with Gasteiger partial charge in [-0.3, -0.25) is 5.32 Å². The van der Waals surface area contributed by atoms with Gasteiger partial charge in [0.1, 0.15) is 6.54 Å². The largest absolute Gasteiger partial charge is 0.279 e. The van der Waals surface area contributed by atoms with Gasteiger partial charge in [-0.1, -0.05) is 17.1 Å². The number of nitrogens with zero attached hydrogens (tertiary/aromatic N) is 1. The molecule has 1 radical (unpaired) electrons. The minimum atomic E-state index is 0.989. The molecule has 0 saturated carbocycles. The molecular weight excluding hydrogens is 124 g/mol. The van der Waals surface area contributed by atoms with Crippen LogP contribution in [-0.2, 0) is 0 Å². The van der Waals surface area contributed by atoms with Crippen LogP contribution >= 0.6 is 0 Å². The highest BCUT2D eigenvalue weighted by atomic mass is 15.0. The summed E-state index contributed by atoms with van der Waals surface area (Å²) >= 11 is 0. The summed E-state index contributed by atoms with van der Waals surface area (Å²) < 4.78 is 0. The highest BCUT2D eigenvalue weighted by Gasteiger charge is 2.16. The molecule has 0 bridgehead atoms. The lowest BCUT2D eigenvalue weighted by Gasteiger charge is -2.09. The van der Waals surface area contributed by atoms with Crippen LogP contribution in [-0.4, -0.2) is 12.9 Å². The van der Waals surface area contributed by atoms with E-state index in [2.05, 4.69) is 22.5 Å². The lowest BCUT2D eigenvalue weighted by Crippen LogP contribution is -2.25. The molecule has 0 atom stereocenters. The monoisotopic (exact) mass is 134 g/mol. The van der Waals surface area contributed by atoms with Gasteiger partial charge in [0.2, 0.25) is 0 Å². The highest BCUT2D eigenvalue weighted by molar-refractivity contribution is 5.57. The van der Waals surface area contributed by atoms with Crippen molar-refractivity contribution >= 4 is 6.34 Å². The van der Waals surface area contributed by atoms with Crippen molar-refractivity contribution in [3.63, 3.8) is 0 Å². The van der Waals surface area contributed by atoms with Crippen molar-refractivity contribution in [2.75, 3.05) is 6.54 Å². The minimum absolute atomic E-state index is 0.989. The van der Waals surface area contributed by atoms with Crippen LogP contribution in [0.5, 0.6) is 0 Å². The zero-order chi connectivity index (χ0) is 6.81. The second kappa shape index (κ2) is 2.29. The molecule has 0 saturated heterocycles. The number of hydrogen-bond acceptors (Lipinski definition) is 2. The Balaban J connectivity index is 2.25. The van der Waals surface area contributed by atoms with Crippen LogP contribution in [0.4, 0.5) is 0 Å². The molecule has 0 aromatic rings. The Morgan fingerprint density at radius 3 is 3.10 bits per heavy atom. The fraction of sp³-hybridized carbons (Fsp3) is 0.375. The van der Waals surface area contributed by atoms with Gasteiger partial charge in [-0.15, -0.1) is 0 Å². The molecule has 0 aromatic heterocycles. The van der Waals surface area contributed by atoms with E-state index in [9.17, 15) is 0 Å². The van der Waals surface area contributed by atoms with Crippen LogP contribution in [0.3, 0.4) is 0 Å². The Bertz CT molecular complexity index is 223. The Labute approximate surface area is 60.3 Å². The summed E-state index contributed by atoms with van der Waals surface area (Å²) in [5.41, 5.74) is 2.71. The Hall–Kier alpha value is -1.05. The van der Waals surface area contributed by atoms with E-state index < -0.39 is 0 Å². The lowest BCUT2D eigenvalue weighted by atomic mass is 10.0. The van der Waals surface area contributed by atoms with Crippen molar-refractivity contribution in [3.05, 3.63) is 23.4 Å². The van der Waals surface area contributed by atoms with Gasteiger partial charge < -0.3 is 0 Å². The molecule has 1 aliphatic carbocycles. The van der Waals surface area contributed by atoms with Crippen molar-refractivity contribution in [3.8, 4) is 0 Å². The van der Waals surface area contributed by atoms with Crippen molar-refractivity contribution in [1.82, 2.24) is 10.3 Å². The van der Waals surface area contributed by atoms with E-state index in [0.717, 1.165) is 19.4 Å². The summed E-state index contributed by atoms with van der Waals surface area (Å²) in [4.78, 5) is 4.24. The van der Waals surface area contributed by atoms with Gasteiger partial charge in [0.15, 0.2) is 5.70 Å². The van der Waals surface area contributed by atoms with Crippen LogP contribution in [0, 0.1) is 0 Å². The van der Waals surface area contributed by atoms with Crippen LogP contribution in [0.1, 0.15) is 12.8 Å². The molecule has 2 heteroatoms. The fourth-order valence-electron chi connectivity index (χ4n) is 1.29. The first-order valence-electron chi connectivity index (χ1n) is 3.58. The van der Waals surface area contributed by atoms with Gasteiger partial charge in [-0.2, -0.15) is 0 Å². The van der Waals surface area contributed by atoms with Gasteiger partial charge in [0.25, 0.3) is 6.34 Å². The van der Waals surface area contributed by atoms with Crippen molar-refractivity contribution in [1.29, 1.82) is 0 Å². The average Bonchev–Trinajstić information content (AvgIpc) is 2.05. The van der Waals surface area contributed by atoms with Gasteiger partial charge in [0.05, 0.1) is 0 Å². The van der Waals surface area contributed by atoms with Gasteiger partial charge in [-0.25, -0.2) is 0 Å². The molecule has 0 aromatic carbocycles. The smallest absolute Gasteiger partial charge is 0.273 e. The van der Waals surface area contributed by atoms with Crippen LogP contribution < -0.4 is 10.3 Å². The quantitative estimate of drug-likeness (QED) is 0.481.